The molecule has 1 saturated heterocycles. The summed E-state index contributed by atoms with van der Waals surface area (Å²) in [5, 5.41) is 14.9. The molecule has 1 aliphatic heterocycles. The fourth-order valence-electron chi connectivity index (χ4n) is 3.89. The molecule has 1 amide bonds. The summed E-state index contributed by atoms with van der Waals surface area (Å²) in [6.07, 6.45) is 2.95. The fourth-order valence-corrected chi connectivity index (χ4v) is 4.98. The third kappa shape index (κ3) is 3.25. The largest absolute Gasteiger partial charge is 0.492 e. The Morgan fingerprint density at radius 1 is 1.17 bits per heavy atom. The van der Waals surface area contributed by atoms with Gasteiger partial charge < -0.3 is 14.4 Å². The van der Waals surface area contributed by atoms with Gasteiger partial charge in [-0.25, -0.2) is 4.98 Å². The summed E-state index contributed by atoms with van der Waals surface area (Å²) in [6, 6.07) is 11.6. The third-order valence-electron chi connectivity index (χ3n) is 5.48. The quantitative estimate of drug-likeness (QED) is 0.543. The molecule has 0 aliphatic carbocycles. The average molecular weight is 423 g/mol. The van der Waals surface area contributed by atoms with Gasteiger partial charge in [0.15, 0.2) is 5.76 Å². The molecule has 1 fully saturated rings. The van der Waals surface area contributed by atoms with Crippen molar-refractivity contribution in [2.24, 2.45) is 0 Å². The zero-order valence-corrected chi connectivity index (χ0v) is 17.2. The molecule has 3 aromatic heterocycles. The molecule has 4 aromatic rings. The van der Waals surface area contributed by atoms with Gasteiger partial charge in [0.2, 0.25) is 10.8 Å². The molecule has 0 bridgehead atoms. The van der Waals surface area contributed by atoms with E-state index >= 15 is 0 Å². The molecule has 5 rings (SSSR count). The Hall–Kier alpha value is -3.17. The van der Waals surface area contributed by atoms with Crippen LogP contribution in [0.1, 0.15) is 32.6 Å². The molecule has 9 heteroatoms. The Balaban J connectivity index is 1.44. The highest BCUT2D eigenvalue weighted by molar-refractivity contribution is 7.17. The summed E-state index contributed by atoms with van der Waals surface area (Å²) < 4.78 is 6.73. The van der Waals surface area contributed by atoms with Crippen LogP contribution in [0.2, 0.25) is 0 Å². The summed E-state index contributed by atoms with van der Waals surface area (Å²) in [4.78, 5) is 22.4. The van der Waals surface area contributed by atoms with Gasteiger partial charge in [-0.3, -0.25) is 9.69 Å². The number of carbonyl (C=O) groups is 1. The minimum Gasteiger partial charge on any atom is -0.492 e. The fraction of sp³-hybridized carbons (Fsp3) is 0.286. The van der Waals surface area contributed by atoms with Crippen LogP contribution in [0.15, 0.2) is 53.4 Å². The first-order valence-corrected chi connectivity index (χ1v) is 10.6. The van der Waals surface area contributed by atoms with Crippen LogP contribution >= 0.6 is 11.3 Å². The number of hydrogen-bond acceptors (Lipinski definition) is 7. The predicted molar refractivity (Wildman–Crippen MR) is 112 cm³/mol. The van der Waals surface area contributed by atoms with Crippen molar-refractivity contribution in [3.05, 3.63) is 70.8 Å². The maximum atomic E-state index is 12.6. The smallest absolute Gasteiger partial charge is 0.289 e. The third-order valence-corrected chi connectivity index (χ3v) is 6.57. The molecule has 1 aliphatic rings. The lowest BCUT2D eigenvalue weighted by Gasteiger charge is -2.38. The van der Waals surface area contributed by atoms with Crippen molar-refractivity contribution >= 4 is 22.2 Å². The van der Waals surface area contributed by atoms with Crippen molar-refractivity contribution in [3.8, 4) is 5.88 Å². The average Bonchev–Trinajstić information content (AvgIpc) is 3.50. The lowest BCUT2D eigenvalue weighted by atomic mass is 10.0. The standard InChI is InChI=1S/C21H21N5O3S/c1-14-4-6-15(7-5-14)17(18-20(28)26-21(30-18)22-13-23-26)24-8-10-25(11-9-24)19(27)16-3-2-12-29-16/h2-7,12-13,17,28H,8-11H2,1H3/t17-/m1/s1. The first kappa shape index (κ1) is 18.8. The molecule has 30 heavy (non-hydrogen) atoms. The molecule has 0 spiro atoms. The van der Waals surface area contributed by atoms with Crippen molar-refractivity contribution in [1.29, 1.82) is 0 Å². The molecule has 0 saturated carbocycles. The number of aromatic nitrogens is 3. The van der Waals surface area contributed by atoms with Crippen LogP contribution in [-0.2, 0) is 0 Å². The number of carbonyl (C=O) groups excluding carboxylic acids is 1. The van der Waals surface area contributed by atoms with E-state index in [-0.39, 0.29) is 17.8 Å². The second-order valence-corrected chi connectivity index (χ2v) is 8.37. The second-order valence-electron chi connectivity index (χ2n) is 7.36. The Labute approximate surface area is 177 Å². The number of piperazine rings is 1. The molecule has 8 nitrogen and oxygen atoms in total. The molecule has 1 atom stereocenters. The van der Waals surface area contributed by atoms with Gasteiger partial charge in [-0.1, -0.05) is 41.2 Å². The van der Waals surface area contributed by atoms with Crippen LogP contribution in [0.25, 0.3) is 4.96 Å². The second kappa shape index (κ2) is 7.58. The van der Waals surface area contributed by atoms with Gasteiger partial charge >= 0.3 is 0 Å². The van der Waals surface area contributed by atoms with Gasteiger partial charge in [-0.05, 0) is 24.6 Å². The van der Waals surface area contributed by atoms with Crippen molar-refractivity contribution < 1.29 is 14.3 Å². The van der Waals surface area contributed by atoms with E-state index in [1.54, 1.807) is 12.1 Å². The van der Waals surface area contributed by atoms with Crippen LogP contribution in [0.4, 0.5) is 0 Å². The normalized spacial score (nSPS) is 16.2. The van der Waals surface area contributed by atoms with E-state index in [4.69, 9.17) is 4.42 Å². The number of furan rings is 1. The van der Waals surface area contributed by atoms with E-state index in [1.807, 2.05) is 4.90 Å². The number of rotatable bonds is 4. The predicted octanol–water partition coefficient (Wildman–Crippen LogP) is 2.95. The molecule has 0 radical (unpaired) electrons. The van der Waals surface area contributed by atoms with E-state index < -0.39 is 0 Å². The minimum absolute atomic E-state index is 0.0897. The van der Waals surface area contributed by atoms with Gasteiger partial charge in [-0.2, -0.15) is 9.61 Å². The monoisotopic (exact) mass is 423 g/mol. The number of benzene rings is 1. The van der Waals surface area contributed by atoms with E-state index in [0.29, 0.717) is 36.9 Å². The number of aromatic hydroxyl groups is 1. The highest BCUT2D eigenvalue weighted by Gasteiger charge is 2.33. The van der Waals surface area contributed by atoms with Crippen LogP contribution in [0.5, 0.6) is 5.88 Å². The van der Waals surface area contributed by atoms with Crippen LogP contribution < -0.4 is 0 Å². The molecule has 1 aromatic carbocycles. The Kier molecular flexibility index (Phi) is 4.76. The first-order valence-electron chi connectivity index (χ1n) is 9.76. The zero-order chi connectivity index (χ0) is 20.7. The van der Waals surface area contributed by atoms with Crippen molar-refractivity contribution in [2.45, 2.75) is 13.0 Å². The number of amides is 1. The lowest BCUT2D eigenvalue weighted by Crippen LogP contribution is -2.49. The number of aryl methyl sites for hydroxylation is 1. The highest BCUT2D eigenvalue weighted by Crippen LogP contribution is 2.40. The number of hydrogen-bond donors (Lipinski definition) is 1. The summed E-state index contributed by atoms with van der Waals surface area (Å²) in [7, 11) is 0. The number of fused-ring (bicyclic) bond motifs is 1. The van der Waals surface area contributed by atoms with E-state index in [1.165, 1.54) is 34.0 Å². The summed E-state index contributed by atoms with van der Waals surface area (Å²) in [5.74, 6) is 0.391. The van der Waals surface area contributed by atoms with Crippen molar-refractivity contribution in [3.63, 3.8) is 0 Å². The van der Waals surface area contributed by atoms with Gasteiger partial charge in [0.05, 0.1) is 17.2 Å². The van der Waals surface area contributed by atoms with E-state index in [9.17, 15) is 9.90 Å². The van der Waals surface area contributed by atoms with Gasteiger partial charge in [0, 0.05) is 26.2 Å². The topological polar surface area (TPSA) is 87.1 Å². The van der Waals surface area contributed by atoms with Gasteiger partial charge in [0.1, 0.15) is 6.33 Å². The zero-order valence-electron chi connectivity index (χ0n) is 16.4. The van der Waals surface area contributed by atoms with E-state index in [0.717, 1.165) is 10.4 Å². The minimum atomic E-state index is -0.139. The van der Waals surface area contributed by atoms with Gasteiger partial charge in [0.25, 0.3) is 5.91 Å². The Bertz CT molecular complexity index is 1160. The summed E-state index contributed by atoms with van der Waals surface area (Å²) >= 11 is 1.44. The van der Waals surface area contributed by atoms with Crippen LogP contribution in [0.3, 0.4) is 0 Å². The molecule has 1 N–H and O–H groups in total. The number of thiazole rings is 1. The maximum Gasteiger partial charge on any atom is 0.289 e. The molecular formula is C21H21N5O3S. The lowest BCUT2D eigenvalue weighted by molar-refractivity contribution is 0.0568. The summed E-state index contributed by atoms with van der Waals surface area (Å²) in [5.41, 5.74) is 2.27. The van der Waals surface area contributed by atoms with Crippen molar-refractivity contribution in [1.82, 2.24) is 24.4 Å². The Morgan fingerprint density at radius 3 is 2.60 bits per heavy atom. The maximum absolute atomic E-state index is 12.6. The molecule has 4 heterocycles. The van der Waals surface area contributed by atoms with Crippen LogP contribution in [-0.4, -0.2) is 61.6 Å². The van der Waals surface area contributed by atoms with Crippen LogP contribution in [0, 0.1) is 6.92 Å². The molecular weight excluding hydrogens is 402 g/mol. The Morgan fingerprint density at radius 2 is 1.93 bits per heavy atom. The van der Waals surface area contributed by atoms with Gasteiger partial charge in [-0.15, -0.1) is 0 Å². The molecule has 154 valence electrons. The SMILES string of the molecule is Cc1ccc([C@H](c2sc3ncnn3c2O)N2CCN(C(=O)c3ccco3)CC2)cc1. The number of nitrogens with zero attached hydrogens (tertiary/aromatic N) is 5. The van der Waals surface area contributed by atoms with Crippen molar-refractivity contribution in [2.75, 3.05) is 26.2 Å². The molecule has 0 unspecified atom stereocenters. The van der Waals surface area contributed by atoms with E-state index in [2.05, 4.69) is 46.2 Å². The first-order chi connectivity index (χ1) is 14.6. The highest BCUT2D eigenvalue weighted by atomic mass is 32.1. The summed E-state index contributed by atoms with van der Waals surface area (Å²) in [6.45, 7) is 4.58.